The van der Waals surface area contributed by atoms with Crippen molar-refractivity contribution in [2.24, 2.45) is 5.92 Å². The fraction of sp³-hybridized carbons (Fsp3) is 0.867. The average molecular weight is 369 g/mol. The van der Waals surface area contributed by atoms with Crippen LogP contribution in [0, 0.1) is 5.92 Å². The number of hydrogen-bond donors (Lipinski definition) is 2. The van der Waals surface area contributed by atoms with Gasteiger partial charge in [-0.2, -0.15) is 0 Å². The summed E-state index contributed by atoms with van der Waals surface area (Å²) >= 11 is 0. The van der Waals surface area contributed by atoms with Gasteiger partial charge in [0, 0.05) is 45.6 Å². The van der Waals surface area contributed by atoms with Gasteiger partial charge in [-0.1, -0.05) is 0 Å². The van der Waals surface area contributed by atoms with E-state index in [0.29, 0.717) is 25.3 Å². The van der Waals surface area contributed by atoms with Gasteiger partial charge in [0.15, 0.2) is 0 Å². The smallest absolute Gasteiger partial charge is 0.224 e. The Bertz CT molecular complexity index is 357. The maximum absolute atomic E-state index is 12.0. The molecule has 0 bridgehead atoms. The second kappa shape index (κ2) is 11.9. The zero-order valence-corrected chi connectivity index (χ0v) is 15.5. The monoisotopic (exact) mass is 368 g/mol. The molecule has 23 heavy (non-hydrogen) atoms. The fourth-order valence-corrected chi connectivity index (χ4v) is 2.91. The van der Waals surface area contributed by atoms with E-state index >= 15 is 0 Å². The number of piperazine rings is 1. The first kappa shape index (κ1) is 22.4. The Hall–Kier alpha value is -0.560. The molecule has 0 aromatic carbocycles. The predicted molar refractivity (Wildman–Crippen MR) is 96.4 cm³/mol. The standard InChI is InChI=1S/C15H28N4O2.2ClH/c1-18-8-10-19(11-9-18)15(21)5-7-17-14(20)3-2-13-4-6-16-12-13;;/h13,16H,2-12H2,1H3,(H,17,20);2*1H. The molecular formula is C15H30Cl2N4O2. The fourth-order valence-electron chi connectivity index (χ4n) is 2.91. The third-order valence-electron chi connectivity index (χ3n) is 4.46. The van der Waals surface area contributed by atoms with Gasteiger partial charge in [-0.25, -0.2) is 0 Å². The van der Waals surface area contributed by atoms with Crippen molar-refractivity contribution in [3.8, 4) is 0 Å². The maximum atomic E-state index is 12.0. The van der Waals surface area contributed by atoms with Crippen LogP contribution in [0.2, 0.25) is 0 Å². The first-order chi connectivity index (χ1) is 10.1. The SMILES string of the molecule is CN1CCN(C(=O)CCNC(=O)CCC2CCNC2)CC1.Cl.Cl. The second-order valence-electron chi connectivity index (χ2n) is 6.18. The van der Waals surface area contributed by atoms with E-state index in [1.807, 2.05) is 4.90 Å². The number of nitrogens with zero attached hydrogens (tertiary/aromatic N) is 2. The molecule has 1 unspecified atom stereocenters. The molecule has 8 heteroatoms. The van der Waals surface area contributed by atoms with E-state index in [-0.39, 0.29) is 36.6 Å². The quantitative estimate of drug-likeness (QED) is 0.716. The molecule has 2 aliphatic rings. The Balaban J connectivity index is 0.00000242. The second-order valence-corrected chi connectivity index (χ2v) is 6.18. The van der Waals surface area contributed by atoms with Crippen LogP contribution in [0.5, 0.6) is 0 Å². The molecule has 0 aliphatic carbocycles. The zero-order valence-electron chi connectivity index (χ0n) is 13.9. The van der Waals surface area contributed by atoms with E-state index in [9.17, 15) is 9.59 Å². The molecule has 0 radical (unpaired) electrons. The van der Waals surface area contributed by atoms with Crippen molar-refractivity contribution in [1.29, 1.82) is 0 Å². The summed E-state index contributed by atoms with van der Waals surface area (Å²) in [6, 6.07) is 0. The van der Waals surface area contributed by atoms with Gasteiger partial charge in [0.1, 0.15) is 0 Å². The van der Waals surface area contributed by atoms with Crippen molar-refractivity contribution in [1.82, 2.24) is 20.4 Å². The van der Waals surface area contributed by atoms with Crippen LogP contribution >= 0.6 is 24.8 Å². The third kappa shape index (κ3) is 8.20. The minimum Gasteiger partial charge on any atom is -0.356 e. The maximum Gasteiger partial charge on any atom is 0.224 e. The van der Waals surface area contributed by atoms with E-state index < -0.39 is 0 Å². The Morgan fingerprint density at radius 1 is 1.13 bits per heavy atom. The lowest BCUT2D eigenvalue weighted by molar-refractivity contribution is -0.132. The minimum atomic E-state index is 0. The molecule has 0 spiro atoms. The van der Waals surface area contributed by atoms with Crippen molar-refractivity contribution in [2.75, 3.05) is 52.9 Å². The first-order valence-corrected chi connectivity index (χ1v) is 8.09. The molecule has 136 valence electrons. The molecule has 6 nitrogen and oxygen atoms in total. The predicted octanol–water partition coefficient (Wildman–Crippen LogP) is 0.500. The number of likely N-dealkylation sites (N-methyl/N-ethyl adjacent to an activating group) is 1. The number of rotatable bonds is 6. The molecule has 2 amide bonds. The molecule has 2 aliphatic heterocycles. The van der Waals surface area contributed by atoms with Crippen LogP contribution in [-0.2, 0) is 9.59 Å². The average Bonchev–Trinajstić information content (AvgIpc) is 2.99. The molecule has 2 saturated heterocycles. The Kier molecular flexibility index (Phi) is 11.6. The summed E-state index contributed by atoms with van der Waals surface area (Å²) in [6.07, 6.45) is 3.12. The third-order valence-corrected chi connectivity index (χ3v) is 4.46. The van der Waals surface area contributed by atoms with Crippen molar-refractivity contribution in [2.45, 2.75) is 25.7 Å². The van der Waals surface area contributed by atoms with Crippen molar-refractivity contribution in [3.63, 3.8) is 0 Å². The lowest BCUT2D eigenvalue weighted by Crippen LogP contribution is -2.47. The van der Waals surface area contributed by atoms with Gasteiger partial charge in [-0.3, -0.25) is 9.59 Å². The number of halogens is 2. The Morgan fingerprint density at radius 3 is 2.43 bits per heavy atom. The van der Waals surface area contributed by atoms with Gasteiger partial charge in [0.05, 0.1) is 0 Å². The lowest BCUT2D eigenvalue weighted by atomic mass is 10.0. The van der Waals surface area contributed by atoms with Crippen LogP contribution in [0.1, 0.15) is 25.7 Å². The minimum absolute atomic E-state index is 0. The van der Waals surface area contributed by atoms with E-state index in [4.69, 9.17) is 0 Å². The van der Waals surface area contributed by atoms with Gasteiger partial charge in [0.25, 0.3) is 0 Å². The summed E-state index contributed by atoms with van der Waals surface area (Å²) in [6.45, 7) is 6.06. The summed E-state index contributed by atoms with van der Waals surface area (Å²) < 4.78 is 0. The Labute approximate surface area is 151 Å². The number of amides is 2. The van der Waals surface area contributed by atoms with E-state index in [2.05, 4.69) is 22.6 Å². The van der Waals surface area contributed by atoms with Crippen molar-refractivity contribution < 1.29 is 9.59 Å². The summed E-state index contributed by atoms with van der Waals surface area (Å²) in [4.78, 5) is 27.9. The van der Waals surface area contributed by atoms with Crippen LogP contribution in [0.25, 0.3) is 0 Å². The first-order valence-electron chi connectivity index (χ1n) is 8.09. The van der Waals surface area contributed by atoms with Crippen LogP contribution in [0.3, 0.4) is 0 Å². The number of carbonyl (C=O) groups is 2. The highest BCUT2D eigenvalue weighted by molar-refractivity contribution is 5.85. The highest BCUT2D eigenvalue weighted by Crippen LogP contribution is 2.13. The number of nitrogens with one attached hydrogen (secondary N) is 2. The number of hydrogen-bond acceptors (Lipinski definition) is 4. The summed E-state index contributed by atoms with van der Waals surface area (Å²) in [5, 5.41) is 6.18. The van der Waals surface area contributed by atoms with Gasteiger partial charge < -0.3 is 20.4 Å². The topological polar surface area (TPSA) is 64.7 Å². The molecule has 0 saturated carbocycles. The lowest BCUT2D eigenvalue weighted by Gasteiger charge is -2.32. The van der Waals surface area contributed by atoms with E-state index in [0.717, 1.165) is 45.7 Å². The highest BCUT2D eigenvalue weighted by atomic mass is 35.5. The van der Waals surface area contributed by atoms with Crippen LogP contribution < -0.4 is 10.6 Å². The normalized spacial score (nSPS) is 21.3. The molecule has 1 atom stereocenters. The van der Waals surface area contributed by atoms with Crippen LogP contribution in [0.4, 0.5) is 0 Å². The Morgan fingerprint density at radius 2 is 1.83 bits per heavy atom. The van der Waals surface area contributed by atoms with E-state index in [1.54, 1.807) is 0 Å². The van der Waals surface area contributed by atoms with Crippen molar-refractivity contribution in [3.05, 3.63) is 0 Å². The zero-order chi connectivity index (χ0) is 15.1. The molecule has 2 rings (SSSR count). The van der Waals surface area contributed by atoms with Gasteiger partial charge in [-0.15, -0.1) is 24.8 Å². The summed E-state index contributed by atoms with van der Waals surface area (Å²) in [5.74, 6) is 0.874. The summed E-state index contributed by atoms with van der Waals surface area (Å²) in [5.41, 5.74) is 0. The van der Waals surface area contributed by atoms with Gasteiger partial charge >= 0.3 is 0 Å². The highest BCUT2D eigenvalue weighted by Gasteiger charge is 2.19. The van der Waals surface area contributed by atoms with Crippen molar-refractivity contribution >= 4 is 36.6 Å². The molecule has 2 fully saturated rings. The largest absolute Gasteiger partial charge is 0.356 e. The molecule has 0 aromatic heterocycles. The molecular weight excluding hydrogens is 339 g/mol. The summed E-state index contributed by atoms with van der Waals surface area (Å²) in [7, 11) is 2.07. The van der Waals surface area contributed by atoms with Crippen LogP contribution in [0.15, 0.2) is 0 Å². The molecule has 2 heterocycles. The molecule has 0 aromatic rings. The van der Waals surface area contributed by atoms with E-state index in [1.165, 1.54) is 6.42 Å². The van der Waals surface area contributed by atoms with Gasteiger partial charge in [0.2, 0.25) is 11.8 Å². The number of carbonyl (C=O) groups excluding carboxylic acids is 2. The van der Waals surface area contributed by atoms with Gasteiger partial charge in [-0.05, 0) is 38.9 Å². The molecule has 2 N–H and O–H groups in total. The van der Waals surface area contributed by atoms with Crippen LogP contribution in [-0.4, -0.2) is 74.5 Å².